The van der Waals surface area contributed by atoms with Gasteiger partial charge in [0.25, 0.3) is 5.96 Å². The molecule has 0 aliphatic heterocycles. The molecule has 0 atom stereocenters. The Bertz CT molecular complexity index is 312. The molecule has 0 bridgehead atoms. The van der Waals surface area contributed by atoms with E-state index in [1.54, 1.807) is 0 Å². The molecule has 0 amide bonds. The SMILES string of the molecule is CC(C)CN=C(NCC(C)C)NC(N(C)C)=[N+](C)C. The normalized spacial score (nSPS) is 11.8. The van der Waals surface area contributed by atoms with Crippen LogP contribution in [0.1, 0.15) is 27.7 Å². The van der Waals surface area contributed by atoms with Gasteiger partial charge >= 0.3 is 5.96 Å². The van der Waals surface area contributed by atoms with Crippen LogP contribution in [-0.2, 0) is 0 Å². The molecule has 112 valence electrons. The van der Waals surface area contributed by atoms with Gasteiger partial charge in [-0.05, 0) is 11.8 Å². The van der Waals surface area contributed by atoms with Gasteiger partial charge in [0, 0.05) is 13.1 Å². The lowest BCUT2D eigenvalue weighted by Crippen LogP contribution is -2.50. The summed E-state index contributed by atoms with van der Waals surface area (Å²) in [6, 6.07) is 0. The number of hydrogen-bond donors (Lipinski definition) is 2. The zero-order valence-corrected chi connectivity index (χ0v) is 13.9. The van der Waals surface area contributed by atoms with Crippen LogP contribution in [0.3, 0.4) is 0 Å². The average molecular weight is 270 g/mol. The third kappa shape index (κ3) is 8.46. The summed E-state index contributed by atoms with van der Waals surface area (Å²) in [6.45, 7) is 10.5. The predicted molar refractivity (Wildman–Crippen MR) is 83.9 cm³/mol. The van der Waals surface area contributed by atoms with Crippen molar-refractivity contribution in [3.8, 4) is 0 Å². The second-order valence-corrected chi connectivity index (χ2v) is 6.10. The molecule has 0 heterocycles. The maximum Gasteiger partial charge on any atom is 0.354 e. The standard InChI is InChI=1S/C14H31N5/c1-11(2)9-15-13(16-10-12(3)4)17-14(18(5)6)19(7)8/h11-12H,9-10H2,1-8H3,(H,15,16)/p+1. The first-order valence-corrected chi connectivity index (χ1v) is 7.01. The second kappa shape index (κ2) is 8.77. The van der Waals surface area contributed by atoms with Crippen LogP contribution in [-0.4, -0.2) is 62.7 Å². The molecule has 5 nitrogen and oxygen atoms in total. The molecule has 0 saturated carbocycles. The van der Waals surface area contributed by atoms with Crippen LogP contribution in [0, 0.1) is 11.8 Å². The van der Waals surface area contributed by atoms with E-state index in [1.165, 1.54) is 0 Å². The molecule has 0 spiro atoms. The van der Waals surface area contributed by atoms with E-state index in [-0.39, 0.29) is 0 Å². The molecule has 5 heteroatoms. The van der Waals surface area contributed by atoms with Crippen molar-refractivity contribution in [3.05, 3.63) is 0 Å². The maximum atomic E-state index is 4.62. The van der Waals surface area contributed by atoms with Crippen molar-refractivity contribution in [2.24, 2.45) is 16.8 Å². The molecule has 19 heavy (non-hydrogen) atoms. The smallest absolute Gasteiger partial charge is 0.343 e. The second-order valence-electron chi connectivity index (χ2n) is 6.10. The Morgan fingerprint density at radius 2 is 1.68 bits per heavy atom. The van der Waals surface area contributed by atoms with E-state index >= 15 is 0 Å². The van der Waals surface area contributed by atoms with Crippen molar-refractivity contribution >= 4 is 11.9 Å². The first kappa shape index (κ1) is 17.7. The third-order valence-electron chi connectivity index (χ3n) is 2.37. The summed E-state index contributed by atoms with van der Waals surface area (Å²) in [6.07, 6.45) is 0. The molecule has 0 fully saturated rings. The largest absolute Gasteiger partial charge is 0.354 e. The quantitative estimate of drug-likeness (QED) is 0.455. The highest BCUT2D eigenvalue weighted by molar-refractivity contribution is 5.96. The molecule has 0 aromatic heterocycles. The zero-order valence-electron chi connectivity index (χ0n) is 13.9. The molecule has 0 aromatic carbocycles. The van der Waals surface area contributed by atoms with Gasteiger partial charge in [-0.25, -0.2) is 10.3 Å². The molecule has 0 unspecified atom stereocenters. The van der Waals surface area contributed by atoms with Crippen LogP contribution in [0.4, 0.5) is 0 Å². The number of aliphatic imine (C=N–C) groups is 1. The summed E-state index contributed by atoms with van der Waals surface area (Å²) in [7, 11) is 8.07. The van der Waals surface area contributed by atoms with Gasteiger partial charge in [-0.1, -0.05) is 27.7 Å². The van der Waals surface area contributed by atoms with E-state index in [0.29, 0.717) is 11.8 Å². The molecular formula is C14H32N5+. The highest BCUT2D eigenvalue weighted by Gasteiger charge is 2.15. The van der Waals surface area contributed by atoms with E-state index in [2.05, 4.69) is 43.3 Å². The van der Waals surface area contributed by atoms with E-state index < -0.39 is 0 Å². The number of hydrogen-bond acceptors (Lipinski definition) is 1. The minimum Gasteiger partial charge on any atom is -0.343 e. The van der Waals surface area contributed by atoms with E-state index in [4.69, 9.17) is 0 Å². The van der Waals surface area contributed by atoms with Crippen LogP contribution < -0.4 is 10.6 Å². The van der Waals surface area contributed by atoms with Crippen LogP contribution in [0.15, 0.2) is 4.99 Å². The summed E-state index contributed by atoms with van der Waals surface area (Å²) in [5.41, 5.74) is 0. The fraction of sp³-hybridized carbons (Fsp3) is 0.857. The van der Waals surface area contributed by atoms with Crippen LogP contribution in [0.2, 0.25) is 0 Å². The minimum atomic E-state index is 0.555. The van der Waals surface area contributed by atoms with E-state index in [9.17, 15) is 0 Å². The lowest BCUT2D eigenvalue weighted by atomic mass is 10.2. The fourth-order valence-electron chi connectivity index (χ4n) is 1.44. The summed E-state index contributed by atoms with van der Waals surface area (Å²) in [5.74, 6) is 3.01. The zero-order chi connectivity index (χ0) is 15.0. The Morgan fingerprint density at radius 1 is 1.11 bits per heavy atom. The Balaban J connectivity index is 4.83. The molecule has 0 radical (unpaired) electrons. The third-order valence-corrected chi connectivity index (χ3v) is 2.37. The molecule has 0 aliphatic rings. The Labute approximate surface area is 118 Å². The van der Waals surface area contributed by atoms with E-state index in [0.717, 1.165) is 25.0 Å². The topological polar surface area (TPSA) is 42.7 Å². The highest BCUT2D eigenvalue weighted by Crippen LogP contribution is 1.93. The predicted octanol–water partition coefficient (Wildman–Crippen LogP) is 1.02. The number of nitrogens with zero attached hydrogens (tertiary/aromatic N) is 3. The molecule has 2 N–H and O–H groups in total. The number of nitrogens with one attached hydrogen (secondary N) is 2. The van der Waals surface area contributed by atoms with Crippen molar-refractivity contribution in [2.75, 3.05) is 41.3 Å². The summed E-state index contributed by atoms with van der Waals surface area (Å²) in [5, 5.41) is 6.75. The molecule has 0 saturated heterocycles. The van der Waals surface area contributed by atoms with Crippen LogP contribution in [0.25, 0.3) is 0 Å². The van der Waals surface area contributed by atoms with Crippen LogP contribution in [0.5, 0.6) is 0 Å². The van der Waals surface area contributed by atoms with Gasteiger partial charge in [0.2, 0.25) is 0 Å². The van der Waals surface area contributed by atoms with Crippen LogP contribution >= 0.6 is 0 Å². The summed E-state index contributed by atoms with van der Waals surface area (Å²) < 4.78 is 2.04. The lowest BCUT2D eigenvalue weighted by Gasteiger charge is -2.16. The first-order valence-electron chi connectivity index (χ1n) is 7.01. The van der Waals surface area contributed by atoms with Gasteiger partial charge in [-0.2, -0.15) is 0 Å². The monoisotopic (exact) mass is 270 g/mol. The number of guanidine groups is 2. The molecule has 0 aliphatic carbocycles. The Morgan fingerprint density at radius 3 is 2.05 bits per heavy atom. The summed E-state index contributed by atoms with van der Waals surface area (Å²) in [4.78, 5) is 6.66. The Kier molecular flexibility index (Phi) is 8.19. The van der Waals surface area contributed by atoms with Crippen molar-refractivity contribution in [1.82, 2.24) is 15.5 Å². The Hall–Kier alpha value is -1.26. The van der Waals surface area contributed by atoms with Gasteiger partial charge in [0.05, 0.1) is 28.2 Å². The van der Waals surface area contributed by atoms with Gasteiger partial charge in [0.15, 0.2) is 0 Å². The number of rotatable bonds is 4. The van der Waals surface area contributed by atoms with Gasteiger partial charge < -0.3 is 5.32 Å². The lowest BCUT2D eigenvalue weighted by molar-refractivity contribution is -0.471. The van der Waals surface area contributed by atoms with Crippen molar-refractivity contribution in [3.63, 3.8) is 0 Å². The molecule has 0 aromatic rings. The van der Waals surface area contributed by atoms with Gasteiger partial charge in [-0.15, -0.1) is 0 Å². The van der Waals surface area contributed by atoms with Gasteiger partial charge in [0.1, 0.15) is 0 Å². The van der Waals surface area contributed by atoms with Gasteiger partial charge in [-0.3, -0.25) is 9.48 Å². The van der Waals surface area contributed by atoms with Crippen molar-refractivity contribution in [2.45, 2.75) is 27.7 Å². The highest BCUT2D eigenvalue weighted by atomic mass is 15.3. The van der Waals surface area contributed by atoms with Crippen molar-refractivity contribution < 1.29 is 4.58 Å². The first-order chi connectivity index (χ1) is 8.73. The molecule has 0 rings (SSSR count). The average Bonchev–Trinajstić information content (AvgIpc) is 2.26. The fourth-order valence-corrected chi connectivity index (χ4v) is 1.44. The molecular weight excluding hydrogens is 238 g/mol. The van der Waals surface area contributed by atoms with Crippen molar-refractivity contribution in [1.29, 1.82) is 0 Å². The summed E-state index contributed by atoms with van der Waals surface area (Å²) >= 11 is 0. The minimum absolute atomic E-state index is 0.555. The maximum absolute atomic E-state index is 4.62. The van der Waals surface area contributed by atoms with E-state index in [1.807, 2.05) is 37.7 Å².